The van der Waals surface area contributed by atoms with Crippen molar-refractivity contribution in [1.82, 2.24) is 4.90 Å². The summed E-state index contributed by atoms with van der Waals surface area (Å²) in [6.45, 7) is 0. The van der Waals surface area contributed by atoms with Gasteiger partial charge in [-0.3, -0.25) is 0 Å². The van der Waals surface area contributed by atoms with Gasteiger partial charge in [-0.05, 0) is 0 Å². The summed E-state index contributed by atoms with van der Waals surface area (Å²) in [7, 11) is 5.11. The van der Waals surface area contributed by atoms with E-state index in [4.69, 9.17) is 0 Å². The number of nitrogens with zero attached hydrogens (tertiary/aromatic N) is 1. The highest BCUT2D eigenvalue weighted by atomic mass is 31.0. The first-order valence-corrected chi connectivity index (χ1v) is 2.23. The van der Waals surface area contributed by atoms with Crippen molar-refractivity contribution in [2.24, 2.45) is 0 Å². The van der Waals surface area contributed by atoms with Crippen LogP contribution >= 0.6 is 9.47 Å². The second kappa shape index (κ2) is 2.80. The third-order valence-corrected chi connectivity index (χ3v) is 0.668. The second-order valence-corrected chi connectivity index (χ2v) is 1.51. The summed E-state index contributed by atoms with van der Waals surface area (Å²) in [6, 6.07) is 0. The van der Waals surface area contributed by atoms with E-state index < -0.39 is 0 Å². The molecule has 0 saturated carbocycles. The molecular weight excluding hydrogens is 113 g/mol. The Balaban J connectivity index is 3.35. The van der Waals surface area contributed by atoms with E-state index in [0.717, 1.165) is 0 Å². The molecule has 0 spiro atoms. The number of amides is 1. The van der Waals surface area contributed by atoms with E-state index in [1.54, 1.807) is 14.1 Å². The van der Waals surface area contributed by atoms with Gasteiger partial charge in [0.25, 0.3) is 0 Å². The average Bonchev–Trinajstić information content (AvgIpc) is 1.65. The molecule has 0 saturated heterocycles. The van der Waals surface area contributed by atoms with E-state index in [9.17, 15) is 4.79 Å². The first kappa shape index (κ1) is 6.70. The molecule has 0 aliphatic heterocycles. The molecule has 0 N–H and O–H groups in total. The van der Waals surface area contributed by atoms with Gasteiger partial charge in [-0.1, -0.05) is 0 Å². The van der Waals surface area contributed by atoms with Gasteiger partial charge in [-0.25, -0.2) is 4.79 Å². The van der Waals surface area contributed by atoms with Gasteiger partial charge in [0.05, 0.1) is 9.47 Å². The minimum atomic E-state index is -0.356. The Kier molecular flexibility index (Phi) is 2.68. The van der Waals surface area contributed by atoms with Gasteiger partial charge in [-0.15, -0.1) is 0 Å². The molecule has 0 aromatic rings. The van der Waals surface area contributed by atoms with E-state index in [0.29, 0.717) is 0 Å². The van der Waals surface area contributed by atoms with Crippen molar-refractivity contribution in [2.45, 2.75) is 0 Å². The van der Waals surface area contributed by atoms with Crippen LogP contribution in [0.3, 0.4) is 0 Å². The van der Waals surface area contributed by atoms with Gasteiger partial charge < -0.3 is 9.42 Å². The zero-order valence-corrected chi connectivity index (χ0v) is 5.50. The summed E-state index contributed by atoms with van der Waals surface area (Å²) in [6.07, 6.45) is -0.356. The SMILES string of the molecule is CN(C)C(=O)OP. The average molecular weight is 121 g/mol. The Bertz CT molecular complexity index is 73.3. The Labute approximate surface area is 44.9 Å². The monoisotopic (exact) mass is 121 g/mol. The van der Waals surface area contributed by atoms with Crippen LogP contribution in [0.25, 0.3) is 0 Å². The van der Waals surface area contributed by atoms with Gasteiger partial charge in [0, 0.05) is 14.1 Å². The first-order valence-electron chi connectivity index (χ1n) is 1.76. The van der Waals surface area contributed by atoms with Crippen LogP contribution in [0.2, 0.25) is 0 Å². The molecule has 0 heterocycles. The maximum absolute atomic E-state index is 10.2. The van der Waals surface area contributed by atoms with Crippen LogP contribution in [0, 0.1) is 0 Å². The van der Waals surface area contributed by atoms with Gasteiger partial charge in [0.2, 0.25) is 0 Å². The lowest BCUT2D eigenvalue weighted by molar-refractivity contribution is 0.179. The van der Waals surface area contributed by atoms with E-state index >= 15 is 0 Å². The molecule has 0 aromatic carbocycles. The van der Waals surface area contributed by atoms with Crippen LogP contribution in [-0.2, 0) is 4.52 Å². The van der Waals surface area contributed by atoms with Crippen molar-refractivity contribution in [3.05, 3.63) is 0 Å². The second-order valence-electron chi connectivity index (χ2n) is 1.28. The lowest BCUT2D eigenvalue weighted by atomic mass is 10.9. The minimum Gasteiger partial charge on any atom is -0.435 e. The standard InChI is InChI=1S/C3H8NO2P/c1-4(2)3(5)6-7/h7H2,1-2H3. The maximum Gasteiger partial charge on any atom is 0.411 e. The lowest BCUT2D eigenvalue weighted by Crippen LogP contribution is -2.19. The van der Waals surface area contributed by atoms with Gasteiger partial charge in [0.15, 0.2) is 0 Å². The smallest absolute Gasteiger partial charge is 0.411 e. The van der Waals surface area contributed by atoms with Crippen LogP contribution in [-0.4, -0.2) is 25.1 Å². The molecule has 0 aromatic heterocycles. The summed E-state index contributed by atoms with van der Waals surface area (Å²) < 4.78 is 4.22. The number of hydrogen-bond acceptors (Lipinski definition) is 2. The molecule has 0 aliphatic rings. The molecule has 0 bridgehead atoms. The van der Waals surface area contributed by atoms with E-state index in [-0.39, 0.29) is 6.09 Å². The fraction of sp³-hybridized carbons (Fsp3) is 0.667. The molecule has 4 heteroatoms. The van der Waals surface area contributed by atoms with Crippen molar-refractivity contribution in [2.75, 3.05) is 14.1 Å². The minimum absolute atomic E-state index is 0.356. The molecule has 7 heavy (non-hydrogen) atoms. The summed E-state index contributed by atoms with van der Waals surface area (Å²) in [5.74, 6) is 0. The predicted octanol–water partition coefficient (Wildman–Crippen LogP) is 0.475. The Morgan fingerprint density at radius 1 is 1.71 bits per heavy atom. The van der Waals surface area contributed by atoms with Gasteiger partial charge >= 0.3 is 6.09 Å². The molecule has 0 fully saturated rings. The van der Waals surface area contributed by atoms with Crippen molar-refractivity contribution < 1.29 is 9.32 Å². The van der Waals surface area contributed by atoms with E-state index in [2.05, 4.69) is 4.52 Å². The summed E-state index contributed by atoms with van der Waals surface area (Å²) in [5, 5.41) is 0. The van der Waals surface area contributed by atoms with Crippen LogP contribution in [0.5, 0.6) is 0 Å². The summed E-state index contributed by atoms with van der Waals surface area (Å²) >= 11 is 0. The first-order chi connectivity index (χ1) is 3.18. The number of rotatable bonds is 0. The van der Waals surface area contributed by atoms with Crippen LogP contribution in [0.4, 0.5) is 4.79 Å². The molecule has 1 unspecified atom stereocenters. The highest BCUT2D eigenvalue weighted by Crippen LogP contribution is 1.89. The van der Waals surface area contributed by atoms with E-state index in [1.165, 1.54) is 4.90 Å². The highest BCUT2D eigenvalue weighted by Gasteiger charge is 1.97. The normalized spacial score (nSPS) is 7.86. The van der Waals surface area contributed by atoms with Crippen molar-refractivity contribution in [1.29, 1.82) is 0 Å². The Morgan fingerprint density at radius 3 is 2.14 bits per heavy atom. The predicted molar refractivity (Wildman–Crippen MR) is 29.9 cm³/mol. The number of hydrogen-bond donors (Lipinski definition) is 0. The molecule has 3 nitrogen and oxygen atoms in total. The lowest BCUT2D eigenvalue weighted by Gasteiger charge is -2.05. The van der Waals surface area contributed by atoms with Gasteiger partial charge in [0.1, 0.15) is 0 Å². The topological polar surface area (TPSA) is 29.5 Å². The number of carbonyl (C=O) groups excluding carboxylic acids is 1. The zero-order valence-electron chi connectivity index (χ0n) is 4.34. The largest absolute Gasteiger partial charge is 0.435 e. The molecule has 1 amide bonds. The van der Waals surface area contributed by atoms with Crippen LogP contribution in [0.15, 0.2) is 0 Å². The quantitative estimate of drug-likeness (QED) is 0.436. The Hall–Kier alpha value is -0.300. The van der Waals surface area contributed by atoms with Crippen LogP contribution < -0.4 is 0 Å². The third kappa shape index (κ3) is 2.40. The molecule has 0 aliphatic carbocycles. The van der Waals surface area contributed by atoms with Crippen molar-refractivity contribution >= 4 is 15.6 Å². The zero-order chi connectivity index (χ0) is 5.86. The molecule has 0 radical (unpaired) electrons. The third-order valence-electron chi connectivity index (χ3n) is 0.466. The fourth-order valence-corrected chi connectivity index (χ4v) is 0.316. The molecular formula is C3H8NO2P. The van der Waals surface area contributed by atoms with Crippen molar-refractivity contribution in [3.63, 3.8) is 0 Å². The Morgan fingerprint density at radius 2 is 2.14 bits per heavy atom. The molecule has 1 atom stereocenters. The molecule has 0 rings (SSSR count). The summed E-state index contributed by atoms with van der Waals surface area (Å²) in [4.78, 5) is 11.5. The van der Waals surface area contributed by atoms with Crippen molar-refractivity contribution in [3.8, 4) is 0 Å². The summed E-state index contributed by atoms with van der Waals surface area (Å²) in [5.41, 5.74) is 0. The molecule has 42 valence electrons. The number of carbonyl (C=O) groups is 1. The van der Waals surface area contributed by atoms with Crippen LogP contribution in [0.1, 0.15) is 0 Å². The fourth-order valence-electron chi connectivity index (χ4n) is 0.105. The highest BCUT2D eigenvalue weighted by molar-refractivity contribution is 7.10. The maximum atomic E-state index is 10.2. The van der Waals surface area contributed by atoms with Gasteiger partial charge in [-0.2, -0.15) is 0 Å². The van der Waals surface area contributed by atoms with E-state index in [1.807, 2.05) is 9.47 Å².